The standard InChI is InChI=1S/C30H46O3S/c1-5-7-20(2)26-12-13-27-25-11-10-23-18-22(21-8-6-9-24(19-21)34(31,32)33)14-16-29(23,3)28(25)15-17-30(26,27)4/h6,8-9,19-20,22-23,25-28H,5,7,10-18H2,1-4H3,(H,31,32,33)/t20-,22?,23?,25?,26-,27?,28?,29+,30-/m1/s1. The van der Waals surface area contributed by atoms with E-state index < -0.39 is 10.1 Å². The highest BCUT2D eigenvalue weighted by Gasteiger charge is 2.60. The molecule has 0 saturated heterocycles. The largest absolute Gasteiger partial charge is 0.294 e. The second kappa shape index (κ2) is 8.91. The van der Waals surface area contributed by atoms with E-state index in [1.807, 2.05) is 0 Å². The predicted octanol–water partition coefficient (Wildman–Crippen LogP) is 8.11. The Morgan fingerprint density at radius 2 is 1.74 bits per heavy atom. The van der Waals surface area contributed by atoms with Crippen molar-refractivity contribution in [1.29, 1.82) is 0 Å². The van der Waals surface area contributed by atoms with Gasteiger partial charge in [-0.05, 0) is 128 Å². The molecule has 1 aromatic rings. The predicted molar refractivity (Wildman–Crippen MR) is 138 cm³/mol. The first-order valence-corrected chi connectivity index (χ1v) is 15.6. The molecule has 4 fully saturated rings. The molecule has 4 saturated carbocycles. The van der Waals surface area contributed by atoms with Gasteiger partial charge >= 0.3 is 0 Å². The van der Waals surface area contributed by atoms with Crippen molar-refractivity contribution in [2.45, 2.75) is 109 Å². The molecule has 34 heavy (non-hydrogen) atoms. The van der Waals surface area contributed by atoms with Gasteiger partial charge in [-0.15, -0.1) is 0 Å². The molecule has 9 atom stereocenters. The number of fused-ring (bicyclic) bond motifs is 5. The third-order valence-electron chi connectivity index (χ3n) is 11.8. The van der Waals surface area contributed by atoms with E-state index in [1.165, 1.54) is 70.3 Å². The molecule has 0 radical (unpaired) electrons. The molecule has 0 bridgehead atoms. The van der Waals surface area contributed by atoms with Gasteiger partial charge in [-0.25, -0.2) is 0 Å². The van der Waals surface area contributed by atoms with Crippen molar-refractivity contribution in [1.82, 2.24) is 0 Å². The number of benzene rings is 1. The van der Waals surface area contributed by atoms with Crippen LogP contribution >= 0.6 is 0 Å². The summed E-state index contributed by atoms with van der Waals surface area (Å²) in [4.78, 5) is 0.0432. The van der Waals surface area contributed by atoms with Gasteiger partial charge in [0.05, 0.1) is 4.90 Å². The van der Waals surface area contributed by atoms with Crippen molar-refractivity contribution in [3.8, 4) is 0 Å². The zero-order valence-electron chi connectivity index (χ0n) is 21.8. The van der Waals surface area contributed by atoms with E-state index in [2.05, 4.69) is 33.8 Å². The van der Waals surface area contributed by atoms with Crippen molar-refractivity contribution < 1.29 is 13.0 Å². The second-order valence-electron chi connectivity index (χ2n) is 13.2. The Labute approximate surface area is 208 Å². The van der Waals surface area contributed by atoms with Crippen molar-refractivity contribution >= 4 is 10.1 Å². The van der Waals surface area contributed by atoms with Crippen molar-refractivity contribution in [3.63, 3.8) is 0 Å². The lowest BCUT2D eigenvalue weighted by molar-refractivity contribution is -0.117. The summed E-state index contributed by atoms with van der Waals surface area (Å²) in [7, 11) is -4.14. The van der Waals surface area contributed by atoms with Gasteiger partial charge in [0.1, 0.15) is 0 Å². The molecule has 5 rings (SSSR count). The third kappa shape index (κ3) is 3.99. The zero-order chi connectivity index (χ0) is 24.3. The summed E-state index contributed by atoms with van der Waals surface area (Å²) >= 11 is 0. The number of rotatable bonds is 5. The highest BCUT2D eigenvalue weighted by Crippen LogP contribution is 2.69. The monoisotopic (exact) mass is 486 g/mol. The van der Waals surface area contributed by atoms with E-state index in [-0.39, 0.29) is 4.90 Å². The minimum Gasteiger partial charge on any atom is -0.282 e. The molecule has 0 amide bonds. The van der Waals surface area contributed by atoms with Gasteiger partial charge in [-0.2, -0.15) is 8.42 Å². The minimum atomic E-state index is -4.14. The van der Waals surface area contributed by atoms with E-state index in [0.717, 1.165) is 47.5 Å². The summed E-state index contributed by atoms with van der Waals surface area (Å²) in [5.41, 5.74) is 2.10. The van der Waals surface area contributed by atoms with Gasteiger partial charge in [0, 0.05) is 0 Å². The Bertz CT molecular complexity index is 1000. The maximum absolute atomic E-state index is 11.7. The summed E-state index contributed by atoms with van der Waals surface area (Å²) in [6.07, 6.45) is 14.8. The lowest BCUT2D eigenvalue weighted by atomic mass is 9.43. The molecule has 1 aromatic carbocycles. The first-order chi connectivity index (χ1) is 16.1. The fourth-order valence-electron chi connectivity index (χ4n) is 10.1. The molecule has 3 nitrogen and oxygen atoms in total. The van der Waals surface area contributed by atoms with Gasteiger partial charge in [0.15, 0.2) is 0 Å². The van der Waals surface area contributed by atoms with Crippen molar-refractivity contribution in [2.75, 3.05) is 0 Å². The van der Waals surface area contributed by atoms with E-state index in [0.29, 0.717) is 16.7 Å². The fraction of sp³-hybridized carbons (Fsp3) is 0.800. The maximum Gasteiger partial charge on any atom is 0.294 e. The van der Waals surface area contributed by atoms with Crippen LogP contribution in [0.1, 0.15) is 110 Å². The topological polar surface area (TPSA) is 54.4 Å². The van der Waals surface area contributed by atoms with E-state index >= 15 is 0 Å². The summed E-state index contributed by atoms with van der Waals surface area (Å²) < 4.78 is 32.9. The molecular formula is C30H46O3S. The lowest BCUT2D eigenvalue weighted by Gasteiger charge is -2.61. The molecule has 5 unspecified atom stereocenters. The van der Waals surface area contributed by atoms with Crippen LogP contribution in [-0.2, 0) is 10.1 Å². The van der Waals surface area contributed by atoms with Crippen molar-refractivity contribution in [3.05, 3.63) is 29.8 Å². The van der Waals surface area contributed by atoms with Crippen LogP contribution < -0.4 is 0 Å². The smallest absolute Gasteiger partial charge is 0.282 e. The van der Waals surface area contributed by atoms with Gasteiger partial charge in [0.25, 0.3) is 10.1 Å². The molecule has 4 heteroatoms. The van der Waals surface area contributed by atoms with Gasteiger partial charge in [-0.1, -0.05) is 52.7 Å². The fourth-order valence-corrected chi connectivity index (χ4v) is 10.7. The molecule has 0 aromatic heterocycles. The molecule has 0 heterocycles. The average molecular weight is 487 g/mol. The Balaban J connectivity index is 1.33. The molecule has 0 aliphatic heterocycles. The third-order valence-corrected chi connectivity index (χ3v) is 12.6. The van der Waals surface area contributed by atoms with Gasteiger partial charge in [0.2, 0.25) is 0 Å². The van der Waals surface area contributed by atoms with Gasteiger partial charge in [-0.3, -0.25) is 4.55 Å². The number of hydrogen-bond donors (Lipinski definition) is 1. The van der Waals surface area contributed by atoms with Crippen LogP contribution in [0, 0.1) is 46.3 Å². The average Bonchev–Trinajstić information content (AvgIpc) is 3.15. The van der Waals surface area contributed by atoms with Crippen LogP contribution in [0.15, 0.2) is 29.2 Å². The quantitative estimate of drug-likeness (QED) is 0.428. The molecule has 0 spiro atoms. The highest BCUT2D eigenvalue weighted by atomic mass is 32.2. The maximum atomic E-state index is 11.7. The summed E-state index contributed by atoms with van der Waals surface area (Å²) in [5, 5.41) is 0. The highest BCUT2D eigenvalue weighted by molar-refractivity contribution is 7.85. The Morgan fingerprint density at radius 3 is 2.47 bits per heavy atom. The van der Waals surface area contributed by atoms with Gasteiger partial charge < -0.3 is 0 Å². The Hall–Kier alpha value is -0.870. The minimum absolute atomic E-state index is 0.0432. The van der Waals surface area contributed by atoms with Crippen LogP contribution in [0.5, 0.6) is 0 Å². The van der Waals surface area contributed by atoms with Crippen LogP contribution in [0.2, 0.25) is 0 Å². The van der Waals surface area contributed by atoms with Crippen LogP contribution in [0.25, 0.3) is 0 Å². The van der Waals surface area contributed by atoms with Crippen LogP contribution in [-0.4, -0.2) is 13.0 Å². The molecule has 190 valence electrons. The SMILES string of the molecule is CCC[C@@H](C)[C@H]1CCC2C3CCC4CC(c5cccc(S(=O)(=O)O)c5)CC[C@]4(C)C3CC[C@@]21C. The number of hydrogen-bond acceptors (Lipinski definition) is 2. The van der Waals surface area contributed by atoms with Crippen LogP contribution in [0.3, 0.4) is 0 Å². The first-order valence-electron chi connectivity index (χ1n) is 14.2. The van der Waals surface area contributed by atoms with Crippen LogP contribution in [0.4, 0.5) is 0 Å². The second-order valence-corrected chi connectivity index (χ2v) is 14.6. The Morgan fingerprint density at radius 1 is 1.00 bits per heavy atom. The van der Waals surface area contributed by atoms with E-state index in [1.54, 1.807) is 12.1 Å². The summed E-state index contributed by atoms with van der Waals surface area (Å²) in [6.45, 7) is 10.2. The summed E-state index contributed by atoms with van der Waals surface area (Å²) in [6, 6.07) is 7.08. The zero-order valence-corrected chi connectivity index (χ0v) is 22.6. The molecule has 4 aliphatic carbocycles. The summed E-state index contributed by atoms with van der Waals surface area (Å²) in [5.74, 6) is 5.66. The first kappa shape index (κ1) is 24.8. The Kier molecular flexibility index (Phi) is 6.50. The van der Waals surface area contributed by atoms with E-state index in [9.17, 15) is 13.0 Å². The molecule has 1 N–H and O–H groups in total. The molecular weight excluding hydrogens is 440 g/mol. The van der Waals surface area contributed by atoms with E-state index in [4.69, 9.17) is 0 Å². The lowest BCUT2D eigenvalue weighted by Crippen LogP contribution is -2.53. The molecule has 4 aliphatic rings. The normalized spacial score (nSPS) is 43.0. The van der Waals surface area contributed by atoms with Crippen molar-refractivity contribution in [2.24, 2.45) is 46.3 Å².